The Labute approximate surface area is 198 Å². The molecule has 5 rings (SSSR count). The zero-order valence-corrected chi connectivity index (χ0v) is 19.2. The van der Waals surface area contributed by atoms with Gasteiger partial charge in [0.1, 0.15) is 11.7 Å². The first-order valence-electron chi connectivity index (χ1n) is 11.5. The van der Waals surface area contributed by atoms with Crippen molar-refractivity contribution in [2.75, 3.05) is 5.32 Å². The quantitative estimate of drug-likeness (QED) is 0.419. The predicted octanol–water partition coefficient (Wildman–Crippen LogP) is 5.50. The van der Waals surface area contributed by atoms with Crippen LogP contribution in [0.4, 0.5) is 5.69 Å². The van der Waals surface area contributed by atoms with Gasteiger partial charge in [0, 0.05) is 23.4 Å². The van der Waals surface area contributed by atoms with E-state index < -0.39 is 0 Å². The van der Waals surface area contributed by atoms with Crippen molar-refractivity contribution in [3.8, 4) is 6.07 Å². The molecule has 0 aliphatic heterocycles. The fraction of sp³-hybridized carbons (Fsp3) is 0.214. The third-order valence-electron chi connectivity index (χ3n) is 6.40. The van der Waals surface area contributed by atoms with E-state index in [1.165, 1.54) is 17.2 Å². The number of carbonyl (C=O) groups is 1. The summed E-state index contributed by atoms with van der Waals surface area (Å²) in [5, 5.41) is 13.9. The molecule has 0 saturated heterocycles. The summed E-state index contributed by atoms with van der Waals surface area (Å²) in [6.45, 7) is 3.99. The lowest BCUT2D eigenvalue weighted by Crippen LogP contribution is -2.19. The summed E-state index contributed by atoms with van der Waals surface area (Å²) < 4.78 is 2.17. The Balaban J connectivity index is 1.68. The van der Waals surface area contributed by atoms with Crippen LogP contribution in [0.25, 0.3) is 17.1 Å². The summed E-state index contributed by atoms with van der Waals surface area (Å²) >= 11 is 0. The lowest BCUT2D eigenvalue weighted by Gasteiger charge is -2.28. The number of aryl methyl sites for hydroxylation is 3. The summed E-state index contributed by atoms with van der Waals surface area (Å²) in [6.07, 6.45) is 9.53. The van der Waals surface area contributed by atoms with Crippen LogP contribution in [-0.4, -0.2) is 20.4 Å². The summed E-state index contributed by atoms with van der Waals surface area (Å²) in [5.74, 6) is -0.279. The minimum absolute atomic E-state index is 0.0456. The Morgan fingerprint density at radius 3 is 2.88 bits per heavy atom. The molecular weight excluding hydrogens is 422 g/mol. The number of pyridine rings is 2. The van der Waals surface area contributed by atoms with E-state index >= 15 is 0 Å². The largest absolute Gasteiger partial charge is 0.321 e. The van der Waals surface area contributed by atoms with E-state index in [0.717, 1.165) is 41.6 Å². The molecule has 0 bridgehead atoms. The summed E-state index contributed by atoms with van der Waals surface area (Å²) in [7, 11) is 0. The molecular formula is C28H25N5O. The van der Waals surface area contributed by atoms with Gasteiger partial charge in [-0.25, -0.2) is 4.98 Å². The van der Waals surface area contributed by atoms with Gasteiger partial charge in [0.2, 0.25) is 5.91 Å². The molecule has 34 heavy (non-hydrogen) atoms. The number of carbonyl (C=O) groups excluding carboxylic acids is 1. The van der Waals surface area contributed by atoms with E-state index in [2.05, 4.69) is 45.2 Å². The molecule has 3 heterocycles. The molecule has 3 aromatic heterocycles. The minimum Gasteiger partial charge on any atom is -0.321 e. The molecule has 1 aliphatic carbocycles. The zero-order valence-electron chi connectivity index (χ0n) is 19.2. The van der Waals surface area contributed by atoms with E-state index in [0.29, 0.717) is 16.9 Å². The summed E-state index contributed by atoms with van der Waals surface area (Å²) in [4.78, 5) is 21.6. The van der Waals surface area contributed by atoms with Gasteiger partial charge in [-0.1, -0.05) is 24.3 Å². The van der Waals surface area contributed by atoms with E-state index in [4.69, 9.17) is 4.98 Å². The van der Waals surface area contributed by atoms with Crippen LogP contribution in [0.5, 0.6) is 0 Å². The van der Waals surface area contributed by atoms with E-state index in [-0.39, 0.29) is 11.9 Å². The van der Waals surface area contributed by atoms with Crippen molar-refractivity contribution in [2.45, 2.75) is 39.2 Å². The number of aromatic nitrogens is 3. The zero-order chi connectivity index (χ0) is 23.7. The van der Waals surface area contributed by atoms with Crippen molar-refractivity contribution in [3.05, 3.63) is 94.6 Å². The average molecular weight is 448 g/mol. The van der Waals surface area contributed by atoms with Gasteiger partial charge in [-0.3, -0.25) is 9.78 Å². The van der Waals surface area contributed by atoms with Crippen molar-refractivity contribution in [1.82, 2.24) is 14.5 Å². The minimum atomic E-state index is -0.279. The van der Waals surface area contributed by atoms with Crippen LogP contribution in [0.3, 0.4) is 0 Å². The number of rotatable bonds is 4. The van der Waals surface area contributed by atoms with Crippen molar-refractivity contribution >= 4 is 28.7 Å². The van der Waals surface area contributed by atoms with Gasteiger partial charge >= 0.3 is 0 Å². The molecule has 0 saturated carbocycles. The fourth-order valence-electron chi connectivity index (χ4n) is 5.03. The van der Waals surface area contributed by atoms with Gasteiger partial charge in [0.05, 0.1) is 29.2 Å². The van der Waals surface area contributed by atoms with Gasteiger partial charge in [-0.05, 0) is 74.1 Å². The highest BCUT2D eigenvalue weighted by Crippen LogP contribution is 2.39. The van der Waals surface area contributed by atoms with Gasteiger partial charge in [-0.15, -0.1) is 0 Å². The van der Waals surface area contributed by atoms with Crippen LogP contribution in [-0.2, 0) is 11.2 Å². The Hall–Kier alpha value is -4.24. The standard InChI is InChI=1S/C28H25N5O/c1-18-15-19(2)31-28-27(18)23(16-29)25(12-13-26(34)32-21-9-6-14-30-17-21)33(28)24-11-5-8-20-7-3-4-10-22(20)24/h3-4,6-7,9-10,12-15,17,24H,5,8,11H2,1-2H3,(H,32,34)/b13-12+. The summed E-state index contributed by atoms with van der Waals surface area (Å²) in [5.41, 5.74) is 7.17. The normalized spacial score (nSPS) is 15.3. The second kappa shape index (κ2) is 8.95. The fourth-order valence-corrected chi connectivity index (χ4v) is 5.03. The molecule has 1 aromatic carbocycles. The first-order valence-corrected chi connectivity index (χ1v) is 11.5. The van der Waals surface area contributed by atoms with Crippen LogP contribution >= 0.6 is 0 Å². The van der Waals surface area contributed by atoms with Crippen LogP contribution < -0.4 is 5.32 Å². The Morgan fingerprint density at radius 2 is 2.09 bits per heavy atom. The maximum Gasteiger partial charge on any atom is 0.248 e. The molecule has 0 radical (unpaired) electrons. The molecule has 168 valence electrons. The number of hydrogen-bond acceptors (Lipinski definition) is 4. The summed E-state index contributed by atoms with van der Waals surface area (Å²) in [6, 6.07) is 16.5. The topological polar surface area (TPSA) is 83.6 Å². The van der Waals surface area contributed by atoms with E-state index in [1.54, 1.807) is 30.6 Å². The lowest BCUT2D eigenvalue weighted by molar-refractivity contribution is -0.111. The monoisotopic (exact) mass is 447 g/mol. The smallest absolute Gasteiger partial charge is 0.248 e. The second-order valence-corrected chi connectivity index (χ2v) is 8.69. The molecule has 1 amide bonds. The number of hydrogen-bond donors (Lipinski definition) is 1. The van der Waals surface area contributed by atoms with Gasteiger partial charge in [0.25, 0.3) is 0 Å². The van der Waals surface area contributed by atoms with Gasteiger partial charge in [-0.2, -0.15) is 5.26 Å². The number of nitrogens with zero attached hydrogens (tertiary/aromatic N) is 4. The number of fused-ring (bicyclic) bond motifs is 2. The Morgan fingerprint density at radius 1 is 1.24 bits per heavy atom. The maximum absolute atomic E-state index is 12.7. The van der Waals surface area contributed by atoms with Gasteiger partial charge in [0.15, 0.2) is 0 Å². The third kappa shape index (κ3) is 3.86. The number of benzene rings is 1. The molecule has 0 fully saturated rings. The molecule has 0 spiro atoms. The van der Waals surface area contributed by atoms with E-state index in [9.17, 15) is 10.1 Å². The molecule has 6 nitrogen and oxygen atoms in total. The number of nitrogens with one attached hydrogen (secondary N) is 1. The molecule has 1 aliphatic rings. The molecule has 1 unspecified atom stereocenters. The average Bonchev–Trinajstić information content (AvgIpc) is 3.16. The third-order valence-corrected chi connectivity index (χ3v) is 6.40. The molecule has 4 aromatic rings. The van der Waals surface area contributed by atoms with Gasteiger partial charge < -0.3 is 9.88 Å². The molecule has 1 atom stereocenters. The Kier molecular flexibility index (Phi) is 5.69. The number of nitriles is 1. The number of amides is 1. The Bertz CT molecular complexity index is 1460. The van der Waals surface area contributed by atoms with Crippen LogP contribution in [0.15, 0.2) is 60.9 Å². The molecule has 6 heteroatoms. The van der Waals surface area contributed by atoms with Crippen molar-refractivity contribution in [3.63, 3.8) is 0 Å². The lowest BCUT2D eigenvalue weighted by atomic mass is 9.87. The first kappa shape index (κ1) is 21.6. The van der Waals surface area contributed by atoms with E-state index in [1.807, 2.05) is 19.9 Å². The van der Waals surface area contributed by atoms with Crippen LogP contribution in [0, 0.1) is 25.2 Å². The molecule has 1 N–H and O–H groups in total. The van der Waals surface area contributed by atoms with Crippen molar-refractivity contribution < 1.29 is 4.79 Å². The highest BCUT2D eigenvalue weighted by molar-refractivity contribution is 6.03. The van der Waals surface area contributed by atoms with Crippen LogP contribution in [0.1, 0.15) is 52.5 Å². The number of anilines is 1. The highest BCUT2D eigenvalue weighted by Gasteiger charge is 2.28. The predicted molar refractivity (Wildman–Crippen MR) is 133 cm³/mol. The second-order valence-electron chi connectivity index (χ2n) is 8.69. The highest BCUT2D eigenvalue weighted by atomic mass is 16.1. The maximum atomic E-state index is 12.7. The van der Waals surface area contributed by atoms with Crippen LogP contribution in [0.2, 0.25) is 0 Å². The van der Waals surface area contributed by atoms with Crippen molar-refractivity contribution in [1.29, 1.82) is 5.26 Å². The van der Waals surface area contributed by atoms with Crippen molar-refractivity contribution in [2.24, 2.45) is 0 Å². The SMILES string of the molecule is Cc1cc(C)c2c(C#N)c(/C=C/C(=O)Nc3cccnc3)n(C3CCCc4ccccc43)c2n1. The first-order chi connectivity index (χ1) is 16.6.